The van der Waals surface area contributed by atoms with Crippen LogP contribution in [0.15, 0.2) is 34.9 Å². The number of nitrogens with one attached hydrogen (secondary N) is 1. The van der Waals surface area contributed by atoms with Gasteiger partial charge in [-0.2, -0.15) is 0 Å². The van der Waals surface area contributed by atoms with E-state index in [4.69, 9.17) is 14.3 Å². The van der Waals surface area contributed by atoms with Crippen LogP contribution in [-0.2, 0) is 24.5 Å². The molecule has 0 aliphatic carbocycles. The quantitative estimate of drug-likeness (QED) is 0.790. The average molecular weight is 345 g/mol. The Bertz CT molecular complexity index is 716. The van der Waals surface area contributed by atoms with E-state index in [2.05, 4.69) is 15.2 Å². The fourth-order valence-electron chi connectivity index (χ4n) is 2.88. The smallest absolute Gasteiger partial charge is 0.217 e. The highest BCUT2D eigenvalue weighted by molar-refractivity contribution is 5.72. The van der Waals surface area contributed by atoms with Crippen LogP contribution >= 0.6 is 0 Å². The van der Waals surface area contributed by atoms with Gasteiger partial charge in [0.1, 0.15) is 30.0 Å². The number of aromatic nitrogens is 1. The van der Waals surface area contributed by atoms with Gasteiger partial charge in [0.25, 0.3) is 0 Å². The number of rotatable bonds is 7. The molecule has 0 spiro atoms. The van der Waals surface area contributed by atoms with E-state index >= 15 is 0 Å². The van der Waals surface area contributed by atoms with E-state index in [1.807, 2.05) is 18.2 Å². The van der Waals surface area contributed by atoms with Gasteiger partial charge in [-0.3, -0.25) is 14.7 Å². The Morgan fingerprint density at radius 3 is 3.04 bits per heavy atom. The Labute approximate surface area is 146 Å². The maximum Gasteiger partial charge on any atom is 0.217 e. The molecule has 1 aliphatic rings. The van der Waals surface area contributed by atoms with Gasteiger partial charge in [-0.05, 0) is 24.6 Å². The number of carbonyl (C=O) groups excluding carboxylic acids is 1. The first-order chi connectivity index (χ1) is 12.1. The highest BCUT2D eigenvalue weighted by atomic mass is 16.5. The number of aliphatic hydroxyl groups is 1. The molecule has 0 radical (unpaired) electrons. The van der Waals surface area contributed by atoms with E-state index in [0.29, 0.717) is 18.8 Å². The number of pyridine rings is 1. The van der Waals surface area contributed by atoms with Gasteiger partial charge >= 0.3 is 0 Å². The lowest BCUT2D eigenvalue weighted by Crippen LogP contribution is -2.24. The summed E-state index contributed by atoms with van der Waals surface area (Å²) in [6.45, 7) is 4.27. The predicted molar refractivity (Wildman–Crippen MR) is 90.7 cm³/mol. The van der Waals surface area contributed by atoms with Crippen molar-refractivity contribution in [3.63, 3.8) is 0 Å². The SMILES string of the molecule is CC(=O)NCc1cc(OC2CCN(Cc3ccc(CO)o3)C2)ccn1. The molecule has 2 N–H and O–H groups in total. The lowest BCUT2D eigenvalue weighted by atomic mass is 10.3. The molecule has 2 aromatic rings. The average Bonchev–Trinajstić information content (AvgIpc) is 3.23. The van der Waals surface area contributed by atoms with Crippen molar-refractivity contribution in [3.8, 4) is 5.75 Å². The van der Waals surface area contributed by atoms with Crippen LogP contribution in [0, 0.1) is 0 Å². The molecule has 0 bridgehead atoms. The van der Waals surface area contributed by atoms with E-state index < -0.39 is 0 Å². The summed E-state index contributed by atoms with van der Waals surface area (Å²) in [7, 11) is 0. The van der Waals surface area contributed by atoms with Crippen LogP contribution in [0.25, 0.3) is 0 Å². The normalized spacial score (nSPS) is 17.6. The van der Waals surface area contributed by atoms with Crippen molar-refractivity contribution in [2.24, 2.45) is 0 Å². The number of hydrogen-bond donors (Lipinski definition) is 2. The van der Waals surface area contributed by atoms with Gasteiger partial charge in [-0.1, -0.05) is 0 Å². The molecule has 25 heavy (non-hydrogen) atoms. The van der Waals surface area contributed by atoms with Crippen molar-refractivity contribution in [3.05, 3.63) is 47.7 Å². The highest BCUT2D eigenvalue weighted by Gasteiger charge is 2.24. The molecule has 7 nitrogen and oxygen atoms in total. The van der Waals surface area contributed by atoms with E-state index in [0.717, 1.165) is 36.7 Å². The Kier molecular flexibility index (Phi) is 5.67. The highest BCUT2D eigenvalue weighted by Crippen LogP contribution is 2.21. The molecule has 1 fully saturated rings. The van der Waals surface area contributed by atoms with Gasteiger partial charge in [0.15, 0.2) is 0 Å². The number of ether oxygens (including phenoxy) is 1. The number of likely N-dealkylation sites (tertiary alicyclic amines) is 1. The molecule has 1 aliphatic heterocycles. The minimum atomic E-state index is -0.0816. The van der Waals surface area contributed by atoms with E-state index in [1.54, 1.807) is 12.3 Å². The number of nitrogens with zero attached hydrogens (tertiary/aromatic N) is 2. The third kappa shape index (κ3) is 5.04. The minimum Gasteiger partial charge on any atom is -0.489 e. The summed E-state index contributed by atoms with van der Waals surface area (Å²) < 4.78 is 11.6. The van der Waals surface area contributed by atoms with Crippen LogP contribution < -0.4 is 10.1 Å². The lowest BCUT2D eigenvalue weighted by molar-refractivity contribution is -0.119. The fraction of sp³-hybridized carbons (Fsp3) is 0.444. The van der Waals surface area contributed by atoms with Gasteiger partial charge < -0.3 is 19.6 Å². The molecular formula is C18H23N3O4. The summed E-state index contributed by atoms with van der Waals surface area (Å²) in [6, 6.07) is 7.39. The molecule has 1 amide bonds. The van der Waals surface area contributed by atoms with Crippen molar-refractivity contribution in [2.45, 2.75) is 39.1 Å². The first-order valence-corrected chi connectivity index (χ1v) is 8.39. The molecular weight excluding hydrogens is 322 g/mol. The largest absolute Gasteiger partial charge is 0.489 e. The summed E-state index contributed by atoms with van der Waals surface area (Å²) in [4.78, 5) is 17.5. The van der Waals surface area contributed by atoms with Crippen LogP contribution in [0.1, 0.15) is 30.6 Å². The predicted octanol–water partition coefficient (Wildman–Crippen LogP) is 1.46. The second kappa shape index (κ2) is 8.13. The summed E-state index contributed by atoms with van der Waals surface area (Å²) in [5.41, 5.74) is 0.773. The fourth-order valence-corrected chi connectivity index (χ4v) is 2.88. The van der Waals surface area contributed by atoms with Gasteiger partial charge in [0, 0.05) is 32.3 Å². The van der Waals surface area contributed by atoms with Crippen molar-refractivity contribution in [2.75, 3.05) is 13.1 Å². The van der Waals surface area contributed by atoms with Gasteiger partial charge in [-0.25, -0.2) is 0 Å². The molecule has 0 saturated carbocycles. The van der Waals surface area contributed by atoms with Crippen molar-refractivity contribution >= 4 is 5.91 Å². The molecule has 3 heterocycles. The second-order valence-corrected chi connectivity index (χ2v) is 6.18. The van der Waals surface area contributed by atoms with Crippen LogP contribution in [0.3, 0.4) is 0 Å². The Balaban J connectivity index is 1.50. The van der Waals surface area contributed by atoms with Crippen LogP contribution in [0.4, 0.5) is 0 Å². The number of carbonyl (C=O) groups is 1. The number of amides is 1. The molecule has 134 valence electrons. The first kappa shape index (κ1) is 17.4. The number of furan rings is 1. The standard InChI is InChI=1S/C18H23N3O4/c1-13(23)20-9-14-8-15(4-6-19-14)24-17-5-7-21(11-17)10-16-2-3-18(12-22)25-16/h2-4,6,8,17,22H,5,7,9-12H2,1H3,(H,20,23). The third-order valence-electron chi connectivity index (χ3n) is 4.09. The van der Waals surface area contributed by atoms with Crippen molar-refractivity contribution < 1.29 is 19.1 Å². The zero-order valence-corrected chi connectivity index (χ0v) is 14.3. The third-order valence-corrected chi connectivity index (χ3v) is 4.09. The number of aliphatic hydroxyl groups excluding tert-OH is 1. The van der Waals surface area contributed by atoms with Gasteiger partial charge in [0.2, 0.25) is 5.91 Å². The van der Waals surface area contributed by atoms with Crippen LogP contribution in [0.2, 0.25) is 0 Å². The monoisotopic (exact) mass is 345 g/mol. The molecule has 2 aromatic heterocycles. The number of hydrogen-bond acceptors (Lipinski definition) is 6. The second-order valence-electron chi connectivity index (χ2n) is 6.18. The lowest BCUT2D eigenvalue weighted by Gasteiger charge is -2.16. The molecule has 1 saturated heterocycles. The van der Waals surface area contributed by atoms with E-state index in [1.165, 1.54) is 6.92 Å². The Morgan fingerprint density at radius 2 is 2.28 bits per heavy atom. The zero-order valence-electron chi connectivity index (χ0n) is 14.3. The molecule has 7 heteroatoms. The van der Waals surface area contributed by atoms with Gasteiger partial charge in [0.05, 0.1) is 18.8 Å². The summed E-state index contributed by atoms with van der Waals surface area (Å²) in [5.74, 6) is 2.13. The van der Waals surface area contributed by atoms with Crippen LogP contribution in [-0.4, -0.2) is 40.1 Å². The summed E-state index contributed by atoms with van der Waals surface area (Å²) >= 11 is 0. The summed E-state index contributed by atoms with van der Waals surface area (Å²) in [5, 5.41) is 11.8. The molecule has 0 aromatic carbocycles. The summed E-state index contributed by atoms with van der Waals surface area (Å²) in [6.07, 6.45) is 2.75. The van der Waals surface area contributed by atoms with Crippen LogP contribution in [0.5, 0.6) is 5.75 Å². The van der Waals surface area contributed by atoms with E-state index in [-0.39, 0.29) is 18.6 Å². The Hall–Kier alpha value is -2.38. The molecule has 3 rings (SSSR count). The first-order valence-electron chi connectivity index (χ1n) is 8.39. The zero-order chi connectivity index (χ0) is 17.6. The van der Waals surface area contributed by atoms with Gasteiger partial charge in [-0.15, -0.1) is 0 Å². The van der Waals surface area contributed by atoms with Crippen molar-refractivity contribution in [1.29, 1.82) is 0 Å². The Morgan fingerprint density at radius 1 is 1.44 bits per heavy atom. The molecule has 1 unspecified atom stereocenters. The maximum atomic E-state index is 11.0. The van der Waals surface area contributed by atoms with Crippen molar-refractivity contribution in [1.82, 2.24) is 15.2 Å². The topological polar surface area (TPSA) is 87.8 Å². The van der Waals surface area contributed by atoms with E-state index in [9.17, 15) is 4.79 Å². The maximum absolute atomic E-state index is 11.0. The molecule has 1 atom stereocenters. The minimum absolute atomic E-state index is 0.0748.